The van der Waals surface area contributed by atoms with Crippen molar-refractivity contribution in [2.24, 2.45) is 0 Å². The second-order valence-electron chi connectivity index (χ2n) is 6.17. The van der Waals surface area contributed by atoms with Crippen molar-refractivity contribution in [2.75, 3.05) is 7.11 Å². The van der Waals surface area contributed by atoms with Gasteiger partial charge in [-0.2, -0.15) is 0 Å². The molecule has 1 aromatic carbocycles. The normalized spacial score (nSPS) is 10.9. The third-order valence-corrected chi connectivity index (χ3v) is 4.08. The molecule has 0 saturated carbocycles. The Morgan fingerprint density at radius 2 is 2.00 bits per heavy atom. The Hall–Kier alpha value is -2.23. The molecule has 0 saturated heterocycles. The Morgan fingerprint density at radius 3 is 2.61 bits per heavy atom. The summed E-state index contributed by atoms with van der Waals surface area (Å²) < 4.78 is 7.48. The van der Waals surface area contributed by atoms with Crippen LogP contribution in [0.3, 0.4) is 0 Å². The molecular formula is C19H26N2O2. The smallest absolute Gasteiger partial charge is 0.224 e. The molecule has 2 rings (SSSR count). The summed E-state index contributed by atoms with van der Waals surface area (Å²) in [6.45, 7) is 9.12. The number of rotatable bonds is 6. The molecule has 0 bridgehead atoms. The Bertz CT molecular complexity index is 687. The number of benzene rings is 1. The molecule has 0 aliphatic heterocycles. The van der Waals surface area contributed by atoms with E-state index in [1.54, 1.807) is 7.11 Å². The molecule has 4 nitrogen and oxygen atoms in total. The van der Waals surface area contributed by atoms with Crippen LogP contribution in [0.15, 0.2) is 30.3 Å². The van der Waals surface area contributed by atoms with E-state index in [4.69, 9.17) is 4.74 Å². The molecule has 0 unspecified atom stereocenters. The van der Waals surface area contributed by atoms with E-state index in [1.807, 2.05) is 24.3 Å². The quantitative estimate of drug-likeness (QED) is 0.886. The lowest BCUT2D eigenvalue weighted by Gasteiger charge is -2.14. The van der Waals surface area contributed by atoms with Gasteiger partial charge in [-0.25, -0.2) is 0 Å². The SMILES string of the molecule is COc1cccc(CC(=O)NCc2cc(C)n(C(C)C)c2C)c1. The Balaban J connectivity index is 1.98. The van der Waals surface area contributed by atoms with Crippen molar-refractivity contribution in [3.8, 4) is 5.75 Å². The molecule has 0 aliphatic carbocycles. The highest BCUT2D eigenvalue weighted by Crippen LogP contribution is 2.20. The van der Waals surface area contributed by atoms with Gasteiger partial charge in [-0.1, -0.05) is 12.1 Å². The largest absolute Gasteiger partial charge is 0.497 e. The summed E-state index contributed by atoms with van der Waals surface area (Å²) in [6, 6.07) is 10.2. The lowest BCUT2D eigenvalue weighted by atomic mass is 10.1. The molecule has 124 valence electrons. The summed E-state index contributed by atoms with van der Waals surface area (Å²) in [4.78, 5) is 12.2. The third-order valence-electron chi connectivity index (χ3n) is 4.08. The number of ether oxygens (including phenoxy) is 1. The molecule has 2 aromatic rings. The van der Waals surface area contributed by atoms with Crippen molar-refractivity contribution in [2.45, 2.75) is 46.7 Å². The molecule has 0 radical (unpaired) electrons. The van der Waals surface area contributed by atoms with Crippen LogP contribution >= 0.6 is 0 Å². The maximum Gasteiger partial charge on any atom is 0.224 e. The molecule has 4 heteroatoms. The Labute approximate surface area is 138 Å². The lowest BCUT2D eigenvalue weighted by Crippen LogP contribution is -2.24. The van der Waals surface area contributed by atoms with Gasteiger partial charge >= 0.3 is 0 Å². The second kappa shape index (κ2) is 7.36. The third kappa shape index (κ3) is 4.15. The minimum atomic E-state index is 0.0209. The van der Waals surface area contributed by atoms with Gasteiger partial charge in [0, 0.05) is 24.0 Å². The number of nitrogens with zero attached hydrogens (tertiary/aromatic N) is 1. The molecule has 1 aromatic heterocycles. The van der Waals surface area contributed by atoms with Gasteiger partial charge < -0.3 is 14.6 Å². The van der Waals surface area contributed by atoms with E-state index in [2.05, 4.69) is 43.6 Å². The summed E-state index contributed by atoms with van der Waals surface area (Å²) in [5.74, 6) is 0.795. The van der Waals surface area contributed by atoms with Crippen LogP contribution in [0.5, 0.6) is 5.75 Å². The highest BCUT2D eigenvalue weighted by atomic mass is 16.5. The maximum absolute atomic E-state index is 12.2. The minimum Gasteiger partial charge on any atom is -0.497 e. The lowest BCUT2D eigenvalue weighted by molar-refractivity contribution is -0.120. The molecule has 1 amide bonds. The van der Waals surface area contributed by atoms with Gasteiger partial charge in [-0.3, -0.25) is 4.79 Å². The highest BCUT2D eigenvalue weighted by molar-refractivity contribution is 5.78. The number of methoxy groups -OCH3 is 1. The van der Waals surface area contributed by atoms with Crippen LogP contribution in [-0.2, 0) is 17.8 Å². The number of amides is 1. The van der Waals surface area contributed by atoms with Crippen LogP contribution < -0.4 is 10.1 Å². The molecule has 0 atom stereocenters. The van der Waals surface area contributed by atoms with Gasteiger partial charge in [0.2, 0.25) is 5.91 Å². The fourth-order valence-corrected chi connectivity index (χ4v) is 3.04. The van der Waals surface area contributed by atoms with Crippen LogP contribution in [0.2, 0.25) is 0 Å². The van der Waals surface area contributed by atoms with E-state index in [-0.39, 0.29) is 5.91 Å². The summed E-state index contributed by atoms with van der Waals surface area (Å²) in [5, 5.41) is 3.01. The topological polar surface area (TPSA) is 43.3 Å². The molecule has 1 heterocycles. The molecule has 23 heavy (non-hydrogen) atoms. The fourth-order valence-electron chi connectivity index (χ4n) is 3.04. The maximum atomic E-state index is 12.2. The predicted molar refractivity (Wildman–Crippen MR) is 92.8 cm³/mol. The summed E-state index contributed by atoms with van der Waals surface area (Å²) in [7, 11) is 1.63. The van der Waals surface area contributed by atoms with Crippen molar-refractivity contribution in [3.63, 3.8) is 0 Å². The summed E-state index contributed by atoms with van der Waals surface area (Å²) in [5.41, 5.74) is 4.58. The highest BCUT2D eigenvalue weighted by Gasteiger charge is 2.12. The minimum absolute atomic E-state index is 0.0209. The van der Waals surface area contributed by atoms with Gasteiger partial charge in [0.05, 0.1) is 13.5 Å². The second-order valence-corrected chi connectivity index (χ2v) is 6.17. The first-order valence-electron chi connectivity index (χ1n) is 7.99. The molecule has 0 fully saturated rings. The van der Waals surface area contributed by atoms with Crippen molar-refractivity contribution < 1.29 is 9.53 Å². The molecule has 0 aliphatic rings. The van der Waals surface area contributed by atoms with Crippen LogP contribution in [-0.4, -0.2) is 17.6 Å². The van der Waals surface area contributed by atoms with E-state index < -0.39 is 0 Å². The Kier molecular flexibility index (Phi) is 5.48. The zero-order valence-electron chi connectivity index (χ0n) is 14.6. The number of carbonyl (C=O) groups is 1. The fraction of sp³-hybridized carbons (Fsp3) is 0.421. The van der Waals surface area contributed by atoms with Gasteiger partial charge in [-0.15, -0.1) is 0 Å². The van der Waals surface area contributed by atoms with E-state index in [1.165, 1.54) is 17.0 Å². The van der Waals surface area contributed by atoms with E-state index in [9.17, 15) is 4.79 Å². The van der Waals surface area contributed by atoms with Crippen LogP contribution in [0.4, 0.5) is 0 Å². The molecule has 0 spiro atoms. The van der Waals surface area contributed by atoms with E-state index in [0.717, 1.165) is 11.3 Å². The first kappa shape index (κ1) is 17.1. The van der Waals surface area contributed by atoms with Crippen LogP contribution in [0, 0.1) is 13.8 Å². The zero-order valence-corrected chi connectivity index (χ0v) is 14.6. The van der Waals surface area contributed by atoms with Gasteiger partial charge in [0.15, 0.2) is 0 Å². The number of nitrogens with one attached hydrogen (secondary N) is 1. The number of hydrogen-bond acceptors (Lipinski definition) is 2. The van der Waals surface area contributed by atoms with Crippen LogP contribution in [0.1, 0.15) is 42.4 Å². The van der Waals surface area contributed by atoms with Gasteiger partial charge in [0.25, 0.3) is 0 Å². The number of hydrogen-bond donors (Lipinski definition) is 1. The molecular weight excluding hydrogens is 288 g/mol. The number of carbonyl (C=O) groups excluding carboxylic acids is 1. The average molecular weight is 314 g/mol. The number of aryl methyl sites for hydroxylation is 1. The monoisotopic (exact) mass is 314 g/mol. The van der Waals surface area contributed by atoms with Crippen molar-refractivity contribution in [3.05, 3.63) is 52.8 Å². The van der Waals surface area contributed by atoms with Crippen LogP contribution in [0.25, 0.3) is 0 Å². The van der Waals surface area contributed by atoms with Gasteiger partial charge in [0.1, 0.15) is 5.75 Å². The van der Waals surface area contributed by atoms with Gasteiger partial charge in [-0.05, 0) is 57.0 Å². The summed E-state index contributed by atoms with van der Waals surface area (Å²) in [6.07, 6.45) is 0.361. The van der Waals surface area contributed by atoms with Crippen molar-refractivity contribution in [1.29, 1.82) is 0 Å². The van der Waals surface area contributed by atoms with Crippen molar-refractivity contribution in [1.82, 2.24) is 9.88 Å². The average Bonchev–Trinajstić information content (AvgIpc) is 2.79. The Morgan fingerprint density at radius 1 is 1.26 bits per heavy atom. The first-order valence-corrected chi connectivity index (χ1v) is 7.99. The predicted octanol–water partition coefficient (Wildman–Crippen LogP) is 3.55. The van der Waals surface area contributed by atoms with E-state index >= 15 is 0 Å². The van der Waals surface area contributed by atoms with Crippen molar-refractivity contribution >= 4 is 5.91 Å². The standard InChI is InChI=1S/C19H26N2O2/c1-13(2)21-14(3)9-17(15(21)4)12-20-19(22)11-16-7-6-8-18(10-16)23-5/h6-10,13H,11-12H2,1-5H3,(H,20,22). The summed E-state index contributed by atoms with van der Waals surface area (Å²) >= 11 is 0. The zero-order chi connectivity index (χ0) is 17.0. The molecule has 1 N–H and O–H groups in total. The van der Waals surface area contributed by atoms with E-state index in [0.29, 0.717) is 19.0 Å². The number of aromatic nitrogens is 1. The first-order chi connectivity index (χ1) is 10.9.